The molecule has 2 aromatic carbocycles. The summed E-state index contributed by atoms with van der Waals surface area (Å²) in [5.41, 5.74) is 0.623. The lowest BCUT2D eigenvalue weighted by Crippen LogP contribution is -2.13. The van der Waals surface area contributed by atoms with Crippen molar-refractivity contribution in [1.29, 1.82) is 5.26 Å². The summed E-state index contributed by atoms with van der Waals surface area (Å²) in [4.78, 5) is 23.4. The zero-order chi connectivity index (χ0) is 21.0. The topological polar surface area (TPSA) is 103 Å². The van der Waals surface area contributed by atoms with Crippen LogP contribution in [0.15, 0.2) is 64.6 Å². The average Bonchev–Trinajstić information content (AvgIpc) is 3.16. The number of nitrogens with one attached hydrogen (secondary N) is 1. The van der Waals surface area contributed by atoms with Crippen LogP contribution in [0.25, 0.3) is 17.4 Å². The van der Waals surface area contributed by atoms with Gasteiger partial charge in [0.05, 0.1) is 15.6 Å². The van der Waals surface area contributed by atoms with Gasteiger partial charge in [0.25, 0.3) is 5.91 Å². The molecule has 1 amide bonds. The van der Waals surface area contributed by atoms with Gasteiger partial charge in [0, 0.05) is 17.3 Å². The first-order chi connectivity index (χ1) is 13.9. The Morgan fingerprint density at radius 2 is 1.86 bits per heavy atom. The fourth-order valence-corrected chi connectivity index (χ4v) is 2.88. The van der Waals surface area contributed by atoms with E-state index in [1.54, 1.807) is 36.4 Å². The largest absolute Gasteiger partial charge is 0.478 e. The minimum atomic E-state index is -1.13. The smallest absolute Gasteiger partial charge is 0.335 e. The molecule has 0 saturated carbocycles. The van der Waals surface area contributed by atoms with Gasteiger partial charge in [-0.15, -0.1) is 0 Å². The summed E-state index contributed by atoms with van der Waals surface area (Å²) >= 11 is 12.2. The number of rotatable bonds is 5. The maximum absolute atomic E-state index is 12.4. The number of halogens is 2. The van der Waals surface area contributed by atoms with Crippen LogP contribution in [0.1, 0.15) is 16.1 Å². The average molecular weight is 427 g/mol. The van der Waals surface area contributed by atoms with Gasteiger partial charge in [-0.3, -0.25) is 4.79 Å². The van der Waals surface area contributed by atoms with Crippen LogP contribution in [0.5, 0.6) is 0 Å². The first-order valence-electron chi connectivity index (χ1n) is 8.20. The van der Waals surface area contributed by atoms with E-state index in [4.69, 9.17) is 32.7 Å². The molecule has 0 aliphatic carbocycles. The molecule has 0 fully saturated rings. The van der Waals surface area contributed by atoms with Crippen LogP contribution in [0.2, 0.25) is 10.0 Å². The number of benzene rings is 2. The summed E-state index contributed by atoms with van der Waals surface area (Å²) in [7, 11) is 0. The second kappa shape index (κ2) is 8.65. The maximum atomic E-state index is 12.4. The predicted molar refractivity (Wildman–Crippen MR) is 110 cm³/mol. The highest BCUT2D eigenvalue weighted by atomic mass is 35.5. The number of hydrogen-bond acceptors (Lipinski definition) is 4. The predicted octanol–water partition coefficient (Wildman–Crippen LogP) is 5.50. The number of aromatic carboxylic acids is 1. The highest BCUT2D eigenvalue weighted by molar-refractivity contribution is 6.43. The van der Waals surface area contributed by atoms with Crippen molar-refractivity contribution in [2.45, 2.75) is 0 Å². The lowest BCUT2D eigenvalue weighted by molar-refractivity contribution is -0.112. The molecule has 3 aromatic rings. The minimum absolute atomic E-state index is 0.0133. The Hall–Kier alpha value is -3.53. The van der Waals surface area contributed by atoms with E-state index < -0.39 is 11.9 Å². The lowest BCUT2D eigenvalue weighted by Gasteiger charge is -2.05. The van der Waals surface area contributed by atoms with Crippen molar-refractivity contribution >= 4 is 46.8 Å². The molecule has 0 bridgehead atoms. The van der Waals surface area contributed by atoms with Crippen LogP contribution in [-0.2, 0) is 4.79 Å². The van der Waals surface area contributed by atoms with Gasteiger partial charge in [0.2, 0.25) is 0 Å². The quantitative estimate of drug-likeness (QED) is 0.414. The highest BCUT2D eigenvalue weighted by Crippen LogP contribution is 2.34. The van der Waals surface area contributed by atoms with Gasteiger partial charge in [0.15, 0.2) is 0 Å². The molecule has 1 aromatic heterocycles. The van der Waals surface area contributed by atoms with E-state index in [1.165, 1.54) is 30.3 Å². The van der Waals surface area contributed by atoms with Gasteiger partial charge in [-0.1, -0.05) is 35.3 Å². The minimum Gasteiger partial charge on any atom is -0.478 e. The number of carboxylic acid groups (broad SMARTS) is 1. The summed E-state index contributed by atoms with van der Waals surface area (Å²) in [6, 6.07) is 15.8. The summed E-state index contributed by atoms with van der Waals surface area (Å²) < 4.78 is 5.66. The summed E-state index contributed by atoms with van der Waals surface area (Å²) in [5, 5.41) is 21.5. The van der Waals surface area contributed by atoms with Gasteiger partial charge in [-0.05, 0) is 42.5 Å². The molecule has 0 saturated heterocycles. The fraction of sp³-hybridized carbons (Fsp3) is 0. The molecule has 0 aliphatic heterocycles. The third-order valence-electron chi connectivity index (χ3n) is 3.86. The number of hydrogen-bond donors (Lipinski definition) is 2. The molecule has 2 N–H and O–H groups in total. The van der Waals surface area contributed by atoms with Crippen LogP contribution in [-0.4, -0.2) is 17.0 Å². The molecule has 3 rings (SSSR count). The van der Waals surface area contributed by atoms with E-state index in [2.05, 4.69) is 5.32 Å². The van der Waals surface area contributed by atoms with E-state index in [9.17, 15) is 14.9 Å². The Labute approximate surface area is 175 Å². The summed E-state index contributed by atoms with van der Waals surface area (Å²) in [6.07, 6.45) is 1.28. The van der Waals surface area contributed by atoms with Crippen molar-refractivity contribution in [1.82, 2.24) is 0 Å². The molecular weight excluding hydrogens is 415 g/mol. The number of anilines is 1. The molecule has 8 heteroatoms. The van der Waals surface area contributed by atoms with Crippen LogP contribution in [0, 0.1) is 11.3 Å². The zero-order valence-electron chi connectivity index (χ0n) is 14.6. The maximum Gasteiger partial charge on any atom is 0.335 e. The number of amides is 1. The van der Waals surface area contributed by atoms with E-state index in [-0.39, 0.29) is 22.6 Å². The van der Waals surface area contributed by atoms with Crippen molar-refractivity contribution in [3.05, 3.63) is 81.5 Å². The second-order valence-electron chi connectivity index (χ2n) is 5.81. The van der Waals surface area contributed by atoms with Gasteiger partial charge < -0.3 is 14.8 Å². The summed E-state index contributed by atoms with van der Waals surface area (Å²) in [6.45, 7) is 0. The molecule has 144 valence electrons. The highest BCUT2D eigenvalue weighted by Gasteiger charge is 2.14. The molecule has 0 unspecified atom stereocenters. The third-order valence-corrected chi connectivity index (χ3v) is 4.68. The Bertz CT molecular complexity index is 1180. The van der Waals surface area contributed by atoms with E-state index >= 15 is 0 Å². The van der Waals surface area contributed by atoms with E-state index in [0.29, 0.717) is 21.4 Å². The first-order valence-corrected chi connectivity index (χ1v) is 8.95. The molecule has 0 aliphatic rings. The number of carbonyl (C=O) groups excluding carboxylic acids is 1. The normalized spacial score (nSPS) is 11.0. The molecular formula is C21H12Cl2N2O4. The van der Waals surface area contributed by atoms with Crippen LogP contribution >= 0.6 is 23.2 Å². The Morgan fingerprint density at radius 3 is 2.59 bits per heavy atom. The Morgan fingerprint density at radius 1 is 1.10 bits per heavy atom. The first kappa shape index (κ1) is 20.2. The van der Waals surface area contributed by atoms with Crippen molar-refractivity contribution in [2.24, 2.45) is 0 Å². The van der Waals surface area contributed by atoms with Crippen LogP contribution < -0.4 is 5.32 Å². The lowest BCUT2D eigenvalue weighted by atomic mass is 10.1. The molecule has 29 heavy (non-hydrogen) atoms. The second-order valence-corrected chi connectivity index (χ2v) is 6.60. The van der Waals surface area contributed by atoms with Gasteiger partial charge >= 0.3 is 5.97 Å². The van der Waals surface area contributed by atoms with Crippen molar-refractivity contribution < 1.29 is 19.1 Å². The number of nitrogens with zero attached hydrogens (tertiary/aromatic N) is 1. The fourth-order valence-electron chi connectivity index (χ4n) is 2.49. The molecule has 1 heterocycles. The molecule has 0 spiro atoms. The van der Waals surface area contributed by atoms with E-state index in [0.717, 1.165) is 0 Å². The summed E-state index contributed by atoms with van der Waals surface area (Å²) in [5.74, 6) is -1.13. The zero-order valence-corrected chi connectivity index (χ0v) is 16.2. The molecule has 0 atom stereocenters. The standard InChI is InChI=1S/C21H12Cl2N2O4/c22-17-6-2-5-16(19(17)23)18-8-7-15(29-18)10-13(11-24)20(26)25-14-4-1-3-12(9-14)21(27)28/h1-10H,(H,25,26)(H,27,28). The SMILES string of the molecule is N#CC(=Cc1ccc(-c2cccc(Cl)c2Cl)o1)C(=O)Nc1cccc(C(=O)O)c1. The van der Waals surface area contributed by atoms with Crippen molar-refractivity contribution in [3.63, 3.8) is 0 Å². The van der Waals surface area contributed by atoms with E-state index in [1.807, 2.05) is 0 Å². The third kappa shape index (κ3) is 4.66. The Kier molecular flexibility index (Phi) is 6.03. The van der Waals surface area contributed by atoms with Gasteiger partial charge in [0.1, 0.15) is 23.2 Å². The van der Waals surface area contributed by atoms with Crippen molar-refractivity contribution in [2.75, 3.05) is 5.32 Å². The number of carbonyl (C=O) groups is 2. The van der Waals surface area contributed by atoms with Crippen LogP contribution in [0.3, 0.4) is 0 Å². The number of carboxylic acids is 1. The van der Waals surface area contributed by atoms with Gasteiger partial charge in [-0.25, -0.2) is 4.79 Å². The van der Waals surface area contributed by atoms with Crippen LogP contribution in [0.4, 0.5) is 5.69 Å². The molecule has 0 radical (unpaired) electrons. The Balaban J connectivity index is 1.83. The van der Waals surface area contributed by atoms with Crippen molar-refractivity contribution in [3.8, 4) is 17.4 Å². The monoisotopic (exact) mass is 426 g/mol. The number of furan rings is 1. The number of nitriles is 1. The van der Waals surface area contributed by atoms with Gasteiger partial charge in [-0.2, -0.15) is 5.26 Å². The molecule has 6 nitrogen and oxygen atoms in total.